The van der Waals surface area contributed by atoms with Gasteiger partial charge < -0.3 is 0 Å². The maximum Gasteiger partial charge on any atom is 0.159 e. The van der Waals surface area contributed by atoms with Gasteiger partial charge in [-0.25, -0.2) is 0 Å². The smallest absolute Gasteiger partial charge is 0.159 e. The second-order valence-electron chi connectivity index (χ2n) is 3.61. The van der Waals surface area contributed by atoms with E-state index in [2.05, 4.69) is 5.10 Å². The average Bonchev–Trinajstić information content (AvgIpc) is 2.64. The summed E-state index contributed by atoms with van der Waals surface area (Å²) in [5.74, 6) is 0.0698. The number of carbonyl (C=O) groups excluding carboxylic acids is 1. The molecular formula is C12H11ClN2O. The lowest BCUT2D eigenvalue weighted by Gasteiger charge is -2.03. The Hall–Kier alpha value is -1.61. The largest absolute Gasteiger partial charge is 0.295 e. The molecule has 0 bridgehead atoms. The predicted molar refractivity (Wildman–Crippen MR) is 62.8 cm³/mol. The summed E-state index contributed by atoms with van der Waals surface area (Å²) in [7, 11) is 0. The first-order chi connectivity index (χ1) is 7.65. The fourth-order valence-corrected chi connectivity index (χ4v) is 1.66. The zero-order valence-electron chi connectivity index (χ0n) is 8.85. The van der Waals surface area contributed by atoms with Gasteiger partial charge in [0.25, 0.3) is 0 Å². The Balaban J connectivity index is 2.21. The van der Waals surface area contributed by atoms with Crippen molar-refractivity contribution in [3.63, 3.8) is 0 Å². The van der Waals surface area contributed by atoms with Gasteiger partial charge in [0.15, 0.2) is 5.78 Å². The number of rotatable bonds is 3. The van der Waals surface area contributed by atoms with Crippen LogP contribution in [-0.4, -0.2) is 15.6 Å². The van der Waals surface area contributed by atoms with Gasteiger partial charge in [0.2, 0.25) is 0 Å². The second-order valence-corrected chi connectivity index (χ2v) is 4.05. The highest BCUT2D eigenvalue weighted by Gasteiger charge is 2.02. The third-order valence-corrected chi connectivity index (χ3v) is 2.47. The van der Waals surface area contributed by atoms with Crippen molar-refractivity contribution in [2.24, 2.45) is 0 Å². The maximum atomic E-state index is 11.2. The minimum atomic E-state index is 0.0698. The van der Waals surface area contributed by atoms with Crippen LogP contribution in [0, 0.1) is 0 Å². The summed E-state index contributed by atoms with van der Waals surface area (Å²) in [4.78, 5) is 11.2. The summed E-state index contributed by atoms with van der Waals surface area (Å²) >= 11 is 5.77. The van der Waals surface area contributed by atoms with Crippen LogP contribution in [0.2, 0.25) is 5.02 Å². The fraction of sp³-hybridized carbons (Fsp3) is 0.167. The molecule has 0 saturated heterocycles. The van der Waals surface area contributed by atoms with Crippen LogP contribution < -0.4 is 0 Å². The summed E-state index contributed by atoms with van der Waals surface area (Å²) < 4.78 is 1.74. The zero-order chi connectivity index (χ0) is 11.5. The molecule has 2 rings (SSSR count). The van der Waals surface area contributed by atoms with Crippen molar-refractivity contribution in [1.82, 2.24) is 9.78 Å². The van der Waals surface area contributed by atoms with Gasteiger partial charge in [0.05, 0.1) is 17.8 Å². The number of nitrogens with zero attached hydrogens (tertiary/aromatic N) is 2. The molecule has 0 aliphatic carbocycles. The fourth-order valence-electron chi connectivity index (χ4n) is 1.50. The van der Waals surface area contributed by atoms with Crippen LogP contribution in [0.5, 0.6) is 0 Å². The van der Waals surface area contributed by atoms with E-state index in [9.17, 15) is 4.79 Å². The Morgan fingerprint density at radius 2 is 2.31 bits per heavy atom. The highest BCUT2D eigenvalue weighted by molar-refractivity contribution is 6.30. The molecule has 0 amide bonds. The normalized spacial score (nSPS) is 10.4. The van der Waals surface area contributed by atoms with Crippen molar-refractivity contribution >= 4 is 17.4 Å². The first-order valence-corrected chi connectivity index (χ1v) is 5.31. The Bertz CT molecular complexity index is 519. The van der Waals surface area contributed by atoms with E-state index in [4.69, 9.17) is 11.6 Å². The molecule has 1 heterocycles. The van der Waals surface area contributed by atoms with Crippen LogP contribution in [0.15, 0.2) is 36.7 Å². The number of hydrogen-bond donors (Lipinski definition) is 0. The average molecular weight is 235 g/mol. The number of hydrogen-bond acceptors (Lipinski definition) is 2. The molecule has 1 aromatic carbocycles. The molecule has 0 atom stereocenters. The van der Waals surface area contributed by atoms with Gasteiger partial charge in [-0.1, -0.05) is 29.8 Å². The van der Waals surface area contributed by atoms with Crippen molar-refractivity contribution in [3.8, 4) is 0 Å². The van der Waals surface area contributed by atoms with Crippen molar-refractivity contribution in [1.29, 1.82) is 0 Å². The van der Waals surface area contributed by atoms with E-state index in [-0.39, 0.29) is 5.78 Å². The monoisotopic (exact) mass is 234 g/mol. The van der Waals surface area contributed by atoms with E-state index >= 15 is 0 Å². The van der Waals surface area contributed by atoms with Crippen molar-refractivity contribution in [2.75, 3.05) is 0 Å². The molecule has 0 N–H and O–H groups in total. The molecule has 1 aromatic heterocycles. The van der Waals surface area contributed by atoms with Crippen LogP contribution in [0.1, 0.15) is 22.8 Å². The topological polar surface area (TPSA) is 34.9 Å². The van der Waals surface area contributed by atoms with Crippen LogP contribution in [0.25, 0.3) is 0 Å². The maximum absolute atomic E-state index is 11.2. The van der Waals surface area contributed by atoms with Crippen molar-refractivity contribution in [2.45, 2.75) is 13.5 Å². The molecule has 0 aliphatic rings. The Labute approximate surface area is 98.7 Å². The summed E-state index contributed by atoms with van der Waals surface area (Å²) in [6.07, 6.45) is 3.35. The first-order valence-electron chi connectivity index (χ1n) is 4.93. The van der Waals surface area contributed by atoms with E-state index in [1.54, 1.807) is 24.0 Å². The summed E-state index contributed by atoms with van der Waals surface area (Å²) in [6, 6.07) is 7.51. The van der Waals surface area contributed by atoms with Crippen LogP contribution in [0.3, 0.4) is 0 Å². The number of halogens is 1. The van der Waals surface area contributed by atoms with Crippen LogP contribution >= 0.6 is 11.6 Å². The van der Waals surface area contributed by atoms with Gasteiger partial charge in [0, 0.05) is 11.8 Å². The number of carbonyl (C=O) groups is 1. The lowest BCUT2D eigenvalue weighted by Crippen LogP contribution is -2.01. The van der Waals surface area contributed by atoms with Gasteiger partial charge in [-0.05, 0) is 18.6 Å². The van der Waals surface area contributed by atoms with Gasteiger partial charge in [0.1, 0.15) is 0 Å². The third kappa shape index (κ3) is 2.49. The lowest BCUT2D eigenvalue weighted by molar-refractivity contribution is 0.101. The predicted octanol–water partition coefficient (Wildman–Crippen LogP) is 2.79. The first kappa shape index (κ1) is 10.9. The van der Waals surface area contributed by atoms with Crippen LogP contribution in [0.4, 0.5) is 0 Å². The number of aromatic nitrogens is 2. The Kier molecular flexibility index (Phi) is 3.06. The van der Waals surface area contributed by atoms with Crippen molar-refractivity contribution in [3.05, 3.63) is 52.8 Å². The number of benzene rings is 1. The molecule has 4 heteroatoms. The van der Waals surface area contributed by atoms with Crippen LogP contribution in [-0.2, 0) is 6.54 Å². The molecule has 3 nitrogen and oxygen atoms in total. The van der Waals surface area contributed by atoms with Gasteiger partial charge >= 0.3 is 0 Å². The minimum Gasteiger partial charge on any atom is -0.295 e. The molecule has 82 valence electrons. The van der Waals surface area contributed by atoms with E-state index in [0.29, 0.717) is 11.6 Å². The zero-order valence-corrected chi connectivity index (χ0v) is 9.61. The second kappa shape index (κ2) is 4.49. The minimum absolute atomic E-state index is 0.0698. The van der Waals surface area contributed by atoms with Crippen molar-refractivity contribution < 1.29 is 4.79 Å². The SMILES string of the molecule is CC(=O)c1cccc(Cn2cc(Cl)cn2)c1. The lowest BCUT2D eigenvalue weighted by atomic mass is 10.1. The van der Waals surface area contributed by atoms with E-state index in [1.807, 2.05) is 24.3 Å². The quantitative estimate of drug-likeness (QED) is 0.766. The summed E-state index contributed by atoms with van der Waals surface area (Å²) in [5.41, 5.74) is 1.75. The molecule has 0 spiro atoms. The Morgan fingerprint density at radius 1 is 1.50 bits per heavy atom. The molecule has 0 unspecified atom stereocenters. The Morgan fingerprint density at radius 3 is 2.94 bits per heavy atom. The molecule has 16 heavy (non-hydrogen) atoms. The number of Topliss-reactive ketones (excluding diaryl/α,β-unsaturated/α-hetero) is 1. The van der Waals surface area contributed by atoms with Gasteiger partial charge in [-0.15, -0.1) is 0 Å². The van der Waals surface area contributed by atoms with Gasteiger partial charge in [-0.3, -0.25) is 9.48 Å². The summed E-state index contributed by atoms with van der Waals surface area (Å²) in [5, 5.41) is 4.70. The molecule has 0 radical (unpaired) electrons. The highest BCUT2D eigenvalue weighted by Crippen LogP contribution is 2.10. The molecule has 0 fully saturated rings. The molecule has 2 aromatic rings. The third-order valence-electron chi connectivity index (χ3n) is 2.28. The molecule has 0 saturated carbocycles. The van der Waals surface area contributed by atoms with E-state index < -0.39 is 0 Å². The van der Waals surface area contributed by atoms with Gasteiger partial charge in [-0.2, -0.15) is 5.10 Å². The van der Waals surface area contributed by atoms with E-state index in [0.717, 1.165) is 11.1 Å². The highest BCUT2D eigenvalue weighted by atomic mass is 35.5. The van der Waals surface area contributed by atoms with E-state index in [1.165, 1.54) is 0 Å². The standard InChI is InChI=1S/C12H11ClN2O/c1-9(16)11-4-2-3-10(5-11)7-15-8-12(13)6-14-15/h2-6,8H,7H2,1H3. The molecular weight excluding hydrogens is 224 g/mol. The number of ketones is 1. The molecule has 0 aliphatic heterocycles. The summed E-state index contributed by atoms with van der Waals surface area (Å²) in [6.45, 7) is 2.18.